The topological polar surface area (TPSA) is 12.0 Å². The molecular formula is C10H21N. The molecule has 0 radical (unpaired) electrons. The lowest BCUT2D eigenvalue weighted by Crippen LogP contribution is -2.32. The van der Waals surface area contributed by atoms with Crippen molar-refractivity contribution in [2.24, 2.45) is 5.92 Å². The van der Waals surface area contributed by atoms with Gasteiger partial charge in [0, 0.05) is 6.04 Å². The molecule has 1 aliphatic rings. The van der Waals surface area contributed by atoms with E-state index in [0.717, 1.165) is 12.0 Å². The monoisotopic (exact) mass is 155 g/mol. The Morgan fingerprint density at radius 1 is 1.27 bits per heavy atom. The van der Waals surface area contributed by atoms with Crippen LogP contribution in [0.1, 0.15) is 46.0 Å². The van der Waals surface area contributed by atoms with Gasteiger partial charge in [0.25, 0.3) is 0 Å². The Kier molecular flexibility index (Phi) is 3.92. The molecule has 66 valence electrons. The molecule has 1 N–H and O–H groups in total. The Labute approximate surface area is 70.6 Å². The fourth-order valence-electron chi connectivity index (χ4n) is 2.12. The largest absolute Gasteiger partial charge is 0.314 e. The molecular weight excluding hydrogens is 134 g/mol. The molecule has 0 heterocycles. The van der Waals surface area contributed by atoms with E-state index in [1.165, 1.54) is 38.6 Å². The van der Waals surface area contributed by atoms with Crippen molar-refractivity contribution in [3.63, 3.8) is 0 Å². The van der Waals surface area contributed by atoms with Crippen LogP contribution in [0.5, 0.6) is 0 Å². The summed E-state index contributed by atoms with van der Waals surface area (Å²) < 4.78 is 0. The van der Waals surface area contributed by atoms with E-state index >= 15 is 0 Å². The third-order valence-corrected chi connectivity index (χ3v) is 2.84. The van der Waals surface area contributed by atoms with E-state index in [-0.39, 0.29) is 0 Å². The first-order chi connectivity index (χ1) is 5.38. The summed E-state index contributed by atoms with van der Waals surface area (Å²) in [7, 11) is 0. The molecule has 0 aromatic carbocycles. The molecule has 0 bridgehead atoms. The molecule has 0 saturated heterocycles. The van der Waals surface area contributed by atoms with Crippen LogP contribution in [0.15, 0.2) is 0 Å². The zero-order valence-electron chi connectivity index (χ0n) is 7.90. The molecule has 0 spiro atoms. The first kappa shape index (κ1) is 9.05. The third-order valence-electron chi connectivity index (χ3n) is 2.84. The van der Waals surface area contributed by atoms with E-state index in [9.17, 15) is 0 Å². The third kappa shape index (κ3) is 2.48. The highest BCUT2D eigenvalue weighted by Gasteiger charge is 2.24. The van der Waals surface area contributed by atoms with Crippen LogP contribution in [-0.4, -0.2) is 12.6 Å². The quantitative estimate of drug-likeness (QED) is 0.658. The van der Waals surface area contributed by atoms with Crippen LogP contribution in [0.3, 0.4) is 0 Å². The highest BCUT2D eigenvalue weighted by Crippen LogP contribution is 2.27. The molecule has 1 heteroatoms. The van der Waals surface area contributed by atoms with Crippen molar-refractivity contribution in [1.29, 1.82) is 0 Å². The van der Waals surface area contributed by atoms with E-state index in [1.54, 1.807) is 0 Å². The van der Waals surface area contributed by atoms with Gasteiger partial charge in [-0.15, -0.1) is 0 Å². The Bertz CT molecular complexity index is 101. The van der Waals surface area contributed by atoms with Gasteiger partial charge < -0.3 is 5.32 Å². The summed E-state index contributed by atoms with van der Waals surface area (Å²) in [6.45, 7) is 5.76. The molecule has 1 nitrogen and oxygen atoms in total. The highest BCUT2D eigenvalue weighted by molar-refractivity contribution is 4.81. The normalized spacial score (nSPS) is 31.1. The van der Waals surface area contributed by atoms with Crippen LogP contribution >= 0.6 is 0 Å². The van der Waals surface area contributed by atoms with Gasteiger partial charge in [0.1, 0.15) is 0 Å². The minimum Gasteiger partial charge on any atom is -0.314 e. The fourth-order valence-corrected chi connectivity index (χ4v) is 2.12. The van der Waals surface area contributed by atoms with Crippen molar-refractivity contribution in [3.05, 3.63) is 0 Å². The molecule has 0 aliphatic heterocycles. The second-order valence-electron chi connectivity index (χ2n) is 3.66. The van der Waals surface area contributed by atoms with Crippen LogP contribution in [0.4, 0.5) is 0 Å². The highest BCUT2D eigenvalue weighted by atomic mass is 14.9. The summed E-state index contributed by atoms with van der Waals surface area (Å²) in [5, 5.41) is 3.63. The Balaban J connectivity index is 2.20. The van der Waals surface area contributed by atoms with Gasteiger partial charge in [-0.2, -0.15) is 0 Å². The number of rotatable bonds is 4. The summed E-state index contributed by atoms with van der Waals surface area (Å²) in [4.78, 5) is 0. The summed E-state index contributed by atoms with van der Waals surface area (Å²) >= 11 is 0. The fraction of sp³-hybridized carbons (Fsp3) is 1.00. The minimum absolute atomic E-state index is 0.847. The first-order valence-electron chi connectivity index (χ1n) is 5.11. The summed E-state index contributed by atoms with van der Waals surface area (Å²) in [5.41, 5.74) is 0. The van der Waals surface area contributed by atoms with Gasteiger partial charge in [0.2, 0.25) is 0 Å². The molecule has 2 atom stereocenters. The Hall–Kier alpha value is -0.0400. The number of hydrogen-bond acceptors (Lipinski definition) is 1. The van der Waals surface area contributed by atoms with Crippen LogP contribution in [-0.2, 0) is 0 Å². The van der Waals surface area contributed by atoms with Gasteiger partial charge in [-0.3, -0.25) is 0 Å². The Morgan fingerprint density at radius 3 is 2.73 bits per heavy atom. The van der Waals surface area contributed by atoms with Crippen LogP contribution in [0.25, 0.3) is 0 Å². The van der Waals surface area contributed by atoms with Gasteiger partial charge in [-0.05, 0) is 31.7 Å². The van der Waals surface area contributed by atoms with Crippen molar-refractivity contribution < 1.29 is 0 Å². The van der Waals surface area contributed by atoms with Gasteiger partial charge >= 0.3 is 0 Å². The van der Waals surface area contributed by atoms with Crippen molar-refractivity contribution in [2.75, 3.05) is 6.54 Å². The number of hydrogen-bond donors (Lipinski definition) is 1. The predicted octanol–water partition coefficient (Wildman–Crippen LogP) is 2.56. The van der Waals surface area contributed by atoms with Crippen LogP contribution in [0.2, 0.25) is 0 Å². The zero-order chi connectivity index (χ0) is 8.10. The van der Waals surface area contributed by atoms with E-state index in [2.05, 4.69) is 19.2 Å². The van der Waals surface area contributed by atoms with Crippen molar-refractivity contribution in [3.8, 4) is 0 Å². The standard InChI is InChI=1S/C10H21N/c1-3-8-11-10-7-5-6-9(10)4-2/h9-11H,3-8H2,1-2H3. The van der Waals surface area contributed by atoms with Crippen molar-refractivity contribution in [1.82, 2.24) is 5.32 Å². The number of nitrogens with one attached hydrogen (secondary N) is 1. The molecule has 1 aliphatic carbocycles. The molecule has 11 heavy (non-hydrogen) atoms. The maximum absolute atomic E-state index is 3.63. The summed E-state index contributed by atoms with van der Waals surface area (Å²) in [5.74, 6) is 0.974. The second kappa shape index (κ2) is 4.76. The van der Waals surface area contributed by atoms with Crippen molar-refractivity contribution in [2.45, 2.75) is 52.0 Å². The second-order valence-corrected chi connectivity index (χ2v) is 3.66. The van der Waals surface area contributed by atoms with Crippen LogP contribution in [0, 0.1) is 5.92 Å². The lowest BCUT2D eigenvalue weighted by molar-refractivity contribution is 0.391. The average molecular weight is 155 g/mol. The van der Waals surface area contributed by atoms with E-state index in [0.29, 0.717) is 0 Å². The minimum atomic E-state index is 0.847. The van der Waals surface area contributed by atoms with Gasteiger partial charge in [-0.25, -0.2) is 0 Å². The molecule has 0 aromatic heterocycles. The lowest BCUT2D eigenvalue weighted by Gasteiger charge is -2.18. The molecule has 0 aromatic rings. The van der Waals surface area contributed by atoms with Crippen molar-refractivity contribution >= 4 is 0 Å². The maximum atomic E-state index is 3.63. The molecule has 1 saturated carbocycles. The average Bonchev–Trinajstić information content (AvgIpc) is 2.47. The summed E-state index contributed by atoms with van der Waals surface area (Å²) in [6.07, 6.45) is 6.95. The summed E-state index contributed by atoms with van der Waals surface area (Å²) in [6, 6.07) is 0.847. The van der Waals surface area contributed by atoms with E-state index in [4.69, 9.17) is 0 Å². The maximum Gasteiger partial charge on any atom is 0.00952 e. The van der Waals surface area contributed by atoms with E-state index < -0.39 is 0 Å². The molecule has 1 rings (SSSR count). The Morgan fingerprint density at radius 2 is 2.09 bits per heavy atom. The molecule has 1 fully saturated rings. The lowest BCUT2D eigenvalue weighted by atomic mass is 10.0. The van der Waals surface area contributed by atoms with Gasteiger partial charge in [0.15, 0.2) is 0 Å². The smallest absolute Gasteiger partial charge is 0.00952 e. The first-order valence-corrected chi connectivity index (χ1v) is 5.11. The zero-order valence-corrected chi connectivity index (χ0v) is 7.90. The SMILES string of the molecule is CCCNC1CCCC1CC. The molecule has 2 unspecified atom stereocenters. The van der Waals surface area contributed by atoms with E-state index in [1.807, 2.05) is 0 Å². The van der Waals surface area contributed by atoms with Gasteiger partial charge in [0.05, 0.1) is 0 Å². The predicted molar refractivity (Wildman–Crippen MR) is 49.7 cm³/mol. The van der Waals surface area contributed by atoms with Gasteiger partial charge in [-0.1, -0.05) is 26.7 Å². The molecule has 0 amide bonds. The van der Waals surface area contributed by atoms with Crippen LogP contribution < -0.4 is 5.32 Å².